The zero-order valence-electron chi connectivity index (χ0n) is 46.4. The van der Waals surface area contributed by atoms with Crippen LogP contribution in [0, 0.1) is 22.7 Å². The molecular weight excluding hydrogens is 1300 g/mol. The average Bonchev–Trinajstić information content (AvgIpc) is 3.23. The smallest absolute Gasteiger partial charge is 0.199 e. The zero-order chi connectivity index (χ0) is 65.2. The average molecular weight is 1350 g/mol. The van der Waals surface area contributed by atoms with Gasteiger partial charge < -0.3 is 0 Å². The molecule has 0 amide bonds. The Hall–Kier alpha value is -4.27. The molecule has 0 aromatic heterocycles. The molecule has 2 nitrogen and oxygen atoms in total. The van der Waals surface area contributed by atoms with Gasteiger partial charge in [-0.2, -0.15) is 138 Å². The number of rotatable bonds is 6. The molecule has 0 unspecified atom stereocenters. The van der Waals surface area contributed by atoms with Gasteiger partial charge in [0.05, 0.1) is 56.6 Å². The molecule has 0 saturated heterocycles. The molecule has 0 N–H and O–H groups in total. The molecule has 30 heteroatoms. The largest absolute Gasteiger partial charge is 0.416 e. The van der Waals surface area contributed by atoms with Crippen LogP contribution in [0.15, 0.2) is 72.8 Å². The van der Waals surface area contributed by atoms with Crippen LogP contribution in [0.2, 0.25) is 0 Å². The third-order valence-electron chi connectivity index (χ3n) is 12.0. The van der Waals surface area contributed by atoms with Gasteiger partial charge in [-0.15, -0.1) is 0 Å². The number of alkyl halides is 24. The van der Waals surface area contributed by atoms with Crippen LogP contribution >= 0.6 is 15.8 Å². The number of hydrogen-bond acceptors (Lipinski definition) is 2. The van der Waals surface area contributed by atoms with Crippen molar-refractivity contribution in [3.8, 4) is 12.1 Å². The summed E-state index contributed by atoms with van der Waals surface area (Å²) in [7, 11) is 0.0363. The maximum absolute atomic E-state index is 14.2. The molecule has 0 bridgehead atoms. The van der Waals surface area contributed by atoms with Gasteiger partial charge >= 0.3 is 49.4 Å². The quantitative estimate of drug-likeness (QED) is 0.110. The van der Waals surface area contributed by atoms with Crippen LogP contribution in [-0.4, -0.2) is 32.7 Å². The molecule has 83 heavy (non-hydrogen) atoms. The summed E-state index contributed by atoms with van der Waals surface area (Å²) in [6, 6.07) is -5.31. The molecule has 0 heterocycles. The van der Waals surface area contributed by atoms with Gasteiger partial charge in [-0.05, 0) is 50.8 Å². The van der Waals surface area contributed by atoms with Crippen molar-refractivity contribution in [3.05, 3.63) is 117 Å². The van der Waals surface area contributed by atoms with Crippen LogP contribution in [0.5, 0.6) is 0 Å². The molecule has 0 fully saturated rings. The number of nitriles is 2. The summed E-state index contributed by atoms with van der Waals surface area (Å²) in [5.74, 6) is 1.45. The van der Waals surface area contributed by atoms with E-state index in [0.29, 0.717) is 20.6 Å². The third kappa shape index (κ3) is 21.6. The van der Waals surface area contributed by atoms with E-state index in [1.54, 1.807) is 12.1 Å². The first-order chi connectivity index (χ1) is 36.1. The van der Waals surface area contributed by atoms with Crippen molar-refractivity contribution >= 4 is 43.8 Å². The minimum absolute atomic E-state index is 0. The molecule has 0 spiro atoms. The summed E-state index contributed by atoms with van der Waals surface area (Å²) in [6.45, 7) is 32.2. The molecule has 4 aromatic carbocycles. The Bertz CT molecular complexity index is 2380. The standard InChI is InChI=1S/C32H12BF24.C17H38P2.2C2H3N.Rh/c34-25(35,36)13-1-14(26(37,38)39)6-21(5-13)33(22-7-15(27(40,41)42)2-16(8-22)28(43,44)45,23-9-17(29(46,47)48)3-18(10-23)30(49,50)51)24-11-19(31(52,53)54)4-20(12-24)32(55,56)57;1-14(2,3)18(15(4,5)6)13-19(16(7,8)9)17(10,11)12;2*1-2-3;/h1-12H;13H2,1-12H3;2*1H3;/q-1;;;;. The van der Waals surface area contributed by atoms with Crippen LogP contribution in [0.25, 0.3) is 0 Å². The molecule has 1 radical (unpaired) electrons. The summed E-state index contributed by atoms with van der Waals surface area (Å²) in [5, 5.41) is 16.4. The topological polar surface area (TPSA) is 47.6 Å². The van der Waals surface area contributed by atoms with Crippen molar-refractivity contribution in [2.75, 3.05) is 5.90 Å². The summed E-state index contributed by atoms with van der Waals surface area (Å²) >= 11 is 0. The van der Waals surface area contributed by atoms with E-state index in [9.17, 15) is 105 Å². The Balaban J connectivity index is 0.00000216. The normalized spacial score (nSPS) is 13.6. The Morgan fingerprint density at radius 3 is 0.482 bits per heavy atom. The van der Waals surface area contributed by atoms with Crippen LogP contribution < -0.4 is 21.9 Å². The fraction of sp³-hybridized carbons (Fsp3) is 0.509. The summed E-state index contributed by atoms with van der Waals surface area (Å²) < 4.78 is 341. The summed E-state index contributed by atoms with van der Waals surface area (Å²) in [4.78, 5) is 0. The Morgan fingerprint density at radius 1 is 0.289 bits per heavy atom. The molecule has 4 rings (SSSR count). The van der Waals surface area contributed by atoms with Gasteiger partial charge in [0.15, 0.2) is 0 Å². The summed E-state index contributed by atoms with van der Waals surface area (Å²) in [5.41, 5.74) is -30.2. The molecule has 4 aromatic rings. The number of hydrogen-bond donors (Lipinski definition) is 0. The van der Waals surface area contributed by atoms with Gasteiger partial charge in [-0.1, -0.05) is 147 Å². The molecule has 0 aliphatic rings. The number of halogens is 24. The van der Waals surface area contributed by atoms with Crippen LogP contribution in [0.1, 0.15) is 141 Å². The van der Waals surface area contributed by atoms with E-state index in [-0.39, 0.29) is 35.3 Å². The predicted octanol–water partition coefficient (Wildman–Crippen LogP) is 19.4. The van der Waals surface area contributed by atoms with E-state index >= 15 is 0 Å². The minimum Gasteiger partial charge on any atom is -0.199 e. The van der Waals surface area contributed by atoms with Crippen LogP contribution in [0.3, 0.4) is 0 Å². The van der Waals surface area contributed by atoms with E-state index in [1.165, 1.54) is 19.8 Å². The van der Waals surface area contributed by atoms with Gasteiger partial charge in [0.1, 0.15) is 6.15 Å². The first-order valence-electron chi connectivity index (χ1n) is 23.6. The Labute approximate surface area is 480 Å². The maximum Gasteiger partial charge on any atom is 0.416 e. The number of nitrogens with zero attached hydrogens (tertiary/aromatic N) is 2. The molecular formula is C53H56BF24N2P2Rh-. The second kappa shape index (κ2) is 26.8. The molecule has 0 aliphatic heterocycles. The second-order valence-electron chi connectivity index (χ2n) is 22.4. The van der Waals surface area contributed by atoms with Crippen molar-refractivity contribution in [1.82, 2.24) is 0 Å². The van der Waals surface area contributed by atoms with E-state index in [4.69, 9.17) is 10.5 Å². The van der Waals surface area contributed by atoms with Gasteiger partial charge in [-0.25, -0.2) is 0 Å². The van der Waals surface area contributed by atoms with Crippen molar-refractivity contribution in [2.24, 2.45) is 0 Å². The molecule has 469 valence electrons. The van der Waals surface area contributed by atoms with E-state index < -0.39 is 195 Å². The van der Waals surface area contributed by atoms with Gasteiger partial charge in [-0.3, -0.25) is 0 Å². The van der Waals surface area contributed by atoms with Crippen molar-refractivity contribution in [1.29, 1.82) is 10.5 Å². The fourth-order valence-corrected chi connectivity index (χ4v) is 21.0. The van der Waals surface area contributed by atoms with Gasteiger partial charge in [0.2, 0.25) is 0 Å². The van der Waals surface area contributed by atoms with Gasteiger partial charge in [0, 0.05) is 33.3 Å². The van der Waals surface area contributed by atoms with E-state index in [1.807, 2.05) is 0 Å². The molecule has 0 aliphatic carbocycles. The summed E-state index contributed by atoms with van der Waals surface area (Å²) in [6.07, 6.45) is -54.8. The van der Waals surface area contributed by atoms with Crippen molar-refractivity contribution in [3.63, 3.8) is 0 Å². The molecule has 0 saturated carbocycles. The van der Waals surface area contributed by atoms with E-state index in [2.05, 4.69) is 83.1 Å². The monoisotopic (exact) mass is 1350 g/mol. The van der Waals surface area contributed by atoms with Gasteiger partial charge in [0.25, 0.3) is 0 Å². The van der Waals surface area contributed by atoms with E-state index in [0.717, 1.165) is 0 Å². The second-order valence-corrected chi connectivity index (χ2v) is 30.6. The first kappa shape index (κ1) is 78.7. The Kier molecular flexibility index (Phi) is 25.4. The number of benzene rings is 4. The molecule has 0 atom stereocenters. The zero-order valence-corrected chi connectivity index (χ0v) is 49.8. The SMILES string of the molecule is CC#N.CC#N.CC(C)(C)P(CP(C(C)(C)C)C(C)(C)C)C(C)(C)C.FC(F)(F)c1cc([B-](c2cc(C(F)(F)F)cc(C(F)(F)F)c2)(c2cc(C(F)(F)F)cc(C(F)(F)F)c2)c2cc(C(F)(F)F)cc(C(F)(F)F)c2)cc(C(F)(F)F)c1.[Rh]. The third-order valence-corrected chi connectivity index (χ3v) is 20.7. The predicted molar refractivity (Wildman–Crippen MR) is 270 cm³/mol. The Morgan fingerprint density at radius 2 is 0.398 bits per heavy atom. The minimum atomic E-state index is -6.13. The maximum atomic E-state index is 14.2. The van der Waals surface area contributed by atoms with Crippen molar-refractivity contribution in [2.45, 2.75) is 167 Å². The van der Waals surface area contributed by atoms with Crippen LogP contribution in [0.4, 0.5) is 105 Å². The first-order valence-corrected chi connectivity index (χ1v) is 26.6. The fourth-order valence-electron chi connectivity index (χ4n) is 9.07. The van der Waals surface area contributed by atoms with Crippen molar-refractivity contribution < 1.29 is 125 Å². The van der Waals surface area contributed by atoms with Crippen LogP contribution in [-0.2, 0) is 68.9 Å².